The molecular formula is C16H17NO2. The Kier molecular flexibility index (Phi) is 2.99. The number of fused-ring (bicyclic) bond motifs is 1. The number of rotatable bonds is 2. The molecule has 1 amide bonds. The molecule has 1 heterocycles. The molecule has 1 saturated heterocycles. The molecule has 3 rings (SSSR count). The second-order valence-electron chi connectivity index (χ2n) is 5.15. The highest BCUT2D eigenvalue weighted by molar-refractivity contribution is 5.87. The van der Waals surface area contributed by atoms with Gasteiger partial charge < -0.3 is 10.0 Å². The number of carbonyl (C=O) groups excluding carboxylic acids is 1. The zero-order chi connectivity index (χ0) is 13.4. The largest absolute Gasteiger partial charge is 0.391 e. The molecular weight excluding hydrogens is 238 g/mol. The number of likely N-dealkylation sites (tertiary alicyclic amines) is 1. The van der Waals surface area contributed by atoms with Gasteiger partial charge in [-0.1, -0.05) is 42.5 Å². The van der Waals surface area contributed by atoms with E-state index in [4.69, 9.17) is 0 Å². The van der Waals surface area contributed by atoms with Crippen molar-refractivity contribution in [3.63, 3.8) is 0 Å². The molecule has 0 bridgehead atoms. The van der Waals surface area contributed by atoms with Crippen LogP contribution in [0.5, 0.6) is 0 Å². The molecule has 1 aliphatic rings. The van der Waals surface area contributed by atoms with Gasteiger partial charge in [0.2, 0.25) is 5.91 Å². The second-order valence-corrected chi connectivity index (χ2v) is 5.15. The molecule has 98 valence electrons. The summed E-state index contributed by atoms with van der Waals surface area (Å²) in [5.74, 6) is 0.0351. The minimum Gasteiger partial charge on any atom is -0.391 e. The van der Waals surface area contributed by atoms with E-state index in [1.807, 2.05) is 25.1 Å². The summed E-state index contributed by atoms with van der Waals surface area (Å²) in [7, 11) is 0. The highest BCUT2D eigenvalue weighted by Gasteiger charge is 2.32. The van der Waals surface area contributed by atoms with Gasteiger partial charge in [-0.15, -0.1) is 0 Å². The van der Waals surface area contributed by atoms with Crippen LogP contribution in [0.4, 0.5) is 0 Å². The average Bonchev–Trinajstić information content (AvgIpc) is 2.76. The lowest BCUT2D eigenvalue weighted by molar-refractivity contribution is -0.129. The molecule has 2 unspecified atom stereocenters. The molecule has 1 fully saturated rings. The predicted octanol–water partition coefficient (Wildman–Crippen LogP) is 2.49. The summed E-state index contributed by atoms with van der Waals surface area (Å²) in [6.07, 6.45) is -0.278. The summed E-state index contributed by atoms with van der Waals surface area (Å²) in [5.41, 5.74) is 1.14. The lowest BCUT2D eigenvalue weighted by Crippen LogP contribution is -2.29. The minimum atomic E-state index is -0.523. The molecule has 0 spiro atoms. The van der Waals surface area contributed by atoms with E-state index < -0.39 is 6.10 Å². The average molecular weight is 255 g/mol. The van der Waals surface area contributed by atoms with Crippen LogP contribution in [-0.4, -0.2) is 28.6 Å². The lowest BCUT2D eigenvalue weighted by Gasteiger charge is -2.25. The van der Waals surface area contributed by atoms with Gasteiger partial charge in [0.15, 0.2) is 0 Å². The molecule has 0 aliphatic carbocycles. The van der Waals surface area contributed by atoms with Crippen molar-refractivity contribution in [2.45, 2.75) is 25.5 Å². The van der Waals surface area contributed by atoms with E-state index in [-0.39, 0.29) is 18.4 Å². The first-order chi connectivity index (χ1) is 9.16. The van der Waals surface area contributed by atoms with Crippen molar-refractivity contribution in [2.24, 2.45) is 0 Å². The smallest absolute Gasteiger partial charge is 0.225 e. The first kappa shape index (κ1) is 12.2. The van der Waals surface area contributed by atoms with Gasteiger partial charge in [-0.05, 0) is 23.3 Å². The van der Waals surface area contributed by atoms with Crippen LogP contribution in [-0.2, 0) is 4.79 Å². The number of aliphatic hydroxyl groups is 1. The third-order valence-electron chi connectivity index (χ3n) is 3.88. The van der Waals surface area contributed by atoms with Gasteiger partial charge in [-0.2, -0.15) is 0 Å². The minimum absolute atomic E-state index is 0.00394. The molecule has 1 aliphatic heterocycles. The van der Waals surface area contributed by atoms with Gasteiger partial charge in [0.1, 0.15) is 0 Å². The number of amides is 1. The number of hydrogen-bond acceptors (Lipinski definition) is 2. The van der Waals surface area contributed by atoms with E-state index in [1.165, 1.54) is 10.8 Å². The van der Waals surface area contributed by atoms with Gasteiger partial charge in [0.05, 0.1) is 18.6 Å². The first-order valence-corrected chi connectivity index (χ1v) is 6.62. The van der Waals surface area contributed by atoms with Crippen LogP contribution in [0.2, 0.25) is 0 Å². The quantitative estimate of drug-likeness (QED) is 0.895. The third-order valence-corrected chi connectivity index (χ3v) is 3.88. The Labute approximate surface area is 112 Å². The van der Waals surface area contributed by atoms with Gasteiger partial charge in [0, 0.05) is 6.54 Å². The van der Waals surface area contributed by atoms with E-state index >= 15 is 0 Å². The van der Waals surface area contributed by atoms with E-state index in [0.717, 1.165) is 5.56 Å². The number of carbonyl (C=O) groups is 1. The maximum atomic E-state index is 11.9. The fourth-order valence-corrected chi connectivity index (χ4v) is 2.87. The van der Waals surface area contributed by atoms with Crippen LogP contribution in [0.25, 0.3) is 10.8 Å². The zero-order valence-corrected chi connectivity index (χ0v) is 10.9. The fraction of sp³-hybridized carbons (Fsp3) is 0.312. The molecule has 0 aromatic heterocycles. The van der Waals surface area contributed by atoms with Crippen molar-refractivity contribution in [1.82, 2.24) is 4.90 Å². The molecule has 3 nitrogen and oxygen atoms in total. The van der Waals surface area contributed by atoms with Gasteiger partial charge in [0.25, 0.3) is 0 Å². The van der Waals surface area contributed by atoms with Crippen LogP contribution >= 0.6 is 0 Å². The molecule has 0 saturated carbocycles. The topological polar surface area (TPSA) is 40.5 Å². The van der Waals surface area contributed by atoms with Crippen LogP contribution in [0.1, 0.15) is 24.9 Å². The monoisotopic (exact) mass is 255 g/mol. The third kappa shape index (κ3) is 2.10. The summed E-state index contributed by atoms with van der Waals surface area (Å²) < 4.78 is 0. The summed E-state index contributed by atoms with van der Waals surface area (Å²) in [6.45, 7) is 2.46. The molecule has 0 radical (unpaired) electrons. The van der Waals surface area contributed by atoms with Gasteiger partial charge in [-0.25, -0.2) is 0 Å². The summed E-state index contributed by atoms with van der Waals surface area (Å²) in [6, 6.07) is 14.3. The molecule has 3 heteroatoms. The molecule has 19 heavy (non-hydrogen) atoms. The molecule has 2 atom stereocenters. The number of β-amino-alcohol motifs (C(OH)–C–C–N with tert-alkyl or cyclic N) is 1. The van der Waals surface area contributed by atoms with Crippen LogP contribution in [0.15, 0.2) is 42.5 Å². The Balaban J connectivity index is 2.02. The van der Waals surface area contributed by atoms with Gasteiger partial charge >= 0.3 is 0 Å². The molecule has 2 aromatic rings. The number of nitrogens with zero attached hydrogens (tertiary/aromatic N) is 1. The highest BCUT2D eigenvalue weighted by atomic mass is 16.3. The van der Waals surface area contributed by atoms with E-state index in [9.17, 15) is 9.90 Å². The maximum Gasteiger partial charge on any atom is 0.225 e. The van der Waals surface area contributed by atoms with Crippen molar-refractivity contribution in [2.75, 3.05) is 6.54 Å². The summed E-state index contributed by atoms with van der Waals surface area (Å²) in [5, 5.41) is 12.0. The second kappa shape index (κ2) is 4.67. The number of aliphatic hydroxyl groups excluding tert-OH is 1. The number of hydrogen-bond donors (Lipinski definition) is 1. The zero-order valence-electron chi connectivity index (χ0n) is 10.9. The first-order valence-electron chi connectivity index (χ1n) is 6.62. The normalized spacial score (nSPS) is 21.1. The fourth-order valence-electron chi connectivity index (χ4n) is 2.87. The SMILES string of the molecule is CC(c1cccc2ccccc12)N1CC(O)CC1=O. The Morgan fingerprint density at radius 1 is 1.21 bits per heavy atom. The maximum absolute atomic E-state index is 11.9. The van der Waals surface area contributed by atoms with E-state index in [0.29, 0.717) is 6.54 Å². The van der Waals surface area contributed by atoms with Crippen molar-refractivity contribution in [3.8, 4) is 0 Å². The highest BCUT2D eigenvalue weighted by Crippen LogP contribution is 2.30. The van der Waals surface area contributed by atoms with E-state index in [1.54, 1.807) is 4.90 Å². The lowest BCUT2D eigenvalue weighted by atomic mass is 9.99. The van der Waals surface area contributed by atoms with Crippen LogP contribution in [0.3, 0.4) is 0 Å². The molecule has 1 N–H and O–H groups in total. The number of benzene rings is 2. The van der Waals surface area contributed by atoms with Gasteiger partial charge in [-0.3, -0.25) is 4.79 Å². The van der Waals surface area contributed by atoms with Crippen LogP contribution in [0, 0.1) is 0 Å². The molecule has 2 aromatic carbocycles. The van der Waals surface area contributed by atoms with Crippen LogP contribution < -0.4 is 0 Å². The Bertz CT molecular complexity index is 618. The van der Waals surface area contributed by atoms with Crippen molar-refractivity contribution in [3.05, 3.63) is 48.0 Å². The van der Waals surface area contributed by atoms with E-state index in [2.05, 4.69) is 24.3 Å². The van der Waals surface area contributed by atoms with Crippen molar-refractivity contribution < 1.29 is 9.90 Å². The van der Waals surface area contributed by atoms with Crippen molar-refractivity contribution in [1.29, 1.82) is 0 Å². The summed E-state index contributed by atoms with van der Waals surface area (Å²) in [4.78, 5) is 13.7. The Hall–Kier alpha value is -1.87. The predicted molar refractivity (Wildman–Crippen MR) is 74.7 cm³/mol. The summed E-state index contributed by atoms with van der Waals surface area (Å²) >= 11 is 0. The Morgan fingerprint density at radius 2 is 1.95 bits per heavy atom. The Morgan fingerprint density at radius 3 is 2.68 bits per heavy atom. The van der Waals surface area contributed by atoms with Crippen molar-refractivity contribution >= 4 is 16.7 Å². The standard InChI is InChI=1S/C16H17NO2/c1-11(17-10-13(18)9-16(17)19)14-8-4-6-12-5-2-3-7-15(12)14/h2-8,11,13,18H,9-10H2,1H3.